The molecule has 2 unspecified atom stereocenters. The first-order valence-corrected chi connectivity index (χ1v) is 13.2. The van der Waals surface area contributed by atoms with Crippen molar-refractivity contribution in [1.29, 1.82) is 5.26 Å². The van der Waals surface area contributed by atoms with E-state index in [0.29, 0.717) is 4.47 Å². The standard InChI is InChI=1S/C22H22BrF2N3O6S/c23-12-2-1-3-13(6-12)35(33,34)14-7-15(17(29)28-5-4-21(24,25)11-28)22(8-14,19(31)32)16-9-20(16,10-26)18(27)30/h1-3,6,14-16H,4-5,7-9,11H2,(H2,27,30)(H,31,32)/t14-,15+,16?,20?,22+/m1/s1. The molecule has 0 bridgehead atoms. The SMILES string of the molecule is N#CC1(C(N)=O)CC1[C@]1(C(=O)O)C[C@H](S(=O)(=O)c2cccc(Br)c2)C[C@H]1C(=O)N1CCC(F)(F)C1. The highest BCUT2D eigenvalue weighted by atomic mass is 79.9. The number of carboxylic acids is 1. The lowest BCUT2D eigenvalue weighted by Gasteiger charge is -2.34. The summed E-state index contributed by atoms with van der Waals surface area (Å²) in [7, 11) is -4.16. The first kappa shape index (κ1) is 25.5. The van der Waals surface area contributed by atoms with E-state index in [0.717, 1.165) is 4.90 Å². The third-order valence-corrected chi connectivity index (χ3v) is 10.3. The molecule has 2 aliphatic carbocycles. The van der Waals surface area contributed by atoms with Crippen molar-refractivity contribution in [2.75, 3.05) is 13.1 Å². The molecule has 3 fully saturated rings. The van der Waals surface area contributed by atoms with Crippen LogP contribution in [0.25, 0.3) is 0 Å². The molecule has 0 aromatic heterocycles. The molecular formula is C22H22BrF2N3O6S. The maximum absolute atomic E-state index is 13.9. The fourth-order valence-electron chi connectivity index (χ4n) is 5.72. The number of likely N-dealkylation sites (tertiary alicyclic amines) is 1. The zero-order valence-corrected chi connectivity index (χ0v) is 20.7. The van der Waals surface area contributed by atoms with Gasteiger partial charge >= 0.3 is 5.97 Å². The number of carbonyl (C=O) groups is 3. The molecule has 0 spiro atoms. The van der Waals surface area contributed by atoms with Crippen molar-refractivity contribution in [3.63, 3.8) is 0 Å². The first-order valence-electron chi connectivity index (χ1n) is 10.8. The maximum atomic E-state index is 13.9. The van der Waals surface area contributed by atoms with Gasteiger partial charge in [-0.3, -0.25) is 14.4 Å². The number of rotatable bonds is 6. The van der Waals surface area contributed by atoms with Crippen LogP contribution in [0.2, 0.25) is 0 Å². The Hall–Kier alpha value is -2.59. The number of amides is 2. The Morgan fingerprint density at radius 3 is 2.43 bits per heavy atom. The molecule has 35 heavy (non-hydrogen) atoms. The topological polar surface area (TPSA) is 159 Å². The lowest BCUT2D eigenvalue weighted by molar-refractivity contribution is -0.160. The lowest BCUT2D eigenvalue weighted by Crippen LogP contribution is -2.48. The summed E-state index contributed by atoms with van der Waals surface area (Å²) in [6, 6.07) is 7.52. The Kier molecular flexibility index (Phi) is 6.00. The number of hydrogen-bond acceptors (Lipinski definition) is 6. The van der Waals surface area contributed by atoms with E-state index in [-0.39, 0.29) is 17.9 Å². The molecular weight excluding hydrogens is 552 g/mol. The number of alkyl halides is 2. The second-order valence-electron chi connectivity index (χ2n) is 9.53. The van der Waals surface area contributed by atoms with Gasteiger partial charge in [-0.15, -0.1) is 0 Å². The monoisotopic (exact) mass is 573 g/mol. The highest BCUT2D eigenvalue weighted by Crippen LogP contribution is 2.68. The van der Waals surface area contributed by atoms with Gasteiger partial charge in [0.05, 0.1) is 34.1 Å². The van der Waals surface area contributed by atoms with Gasteiger partial charge in [0.1, 0.15) is 5.41 Å². The summed E-state index contributed by atoms with van der Waals surface area (Å²) in [5.41, 5.74) is 1.39. The number of hydrogen-bond donors (Lipinski definition) is 2. The Labute approximate surface area is 208 Å². The van der Waals surface area contributed by atoms with Crippen LogP contribution in [0.4, 0.5) is 8.78 Å². The number of halogens is 3. The van der Waals surface area contributed by atoms with Crippen LogP contribution in [-0.4, -0.2) is 60.5 Å². The minimum Gasteiger partial charge on any atom is -0.481 e. The van der Waals surface area contributed by atoms with E-state index >= 15 is 0 Å². The third kappa shape index (κ3) is 3.91. The molecule has 1 saturated heterocycles. The maximum Gasteiger partial charge on any atom is 0.310 e. The van der Waals surface area contributed by atoms with Gasteiger partial charge in [0.2, 0.25) is 11.8 Å². The Balaban J connectivity index is 1.80. The Morgan fingerprint density at radius 2 is 1.94 bits per heavy atom. The zero-order chi connectivity index (χ0) is 26.0. The smallest absolute Gasteiger partial charge is 0.310 e. The predicted octanol–water partition coefficient (Wildman–Crippen LogP) is 1.96. The molecule has 9 nitrogen and oxygen atoms in total. The average molecular weight is 574 g/mol. The van der Waals surface area contributed by atoms with E-state index < -0.39 is 87.3 Å². The molecule has 3 N–H and O–H groups in total. The fourth-order valence-corrected chi connectivity index (χ4v) is 8.16. The van der Waals surface area contributed by atoms with E-state index in [1.807, 2.05) is 0 Å². The molecule has 1 aromatic rings. The molecule has 13 heteroatoms. The number of benzene rings is 1. The van der Waals surface area contributed by atoms with Gasteiger partial charge in [-0.1, -0.05) is 22.0 Å². The number of nitrogens with two attached hydrogens (primary N) is 1. The lowest BCUT2D eigenvalue weighted by atomic mass is 9.70. The van der Waals surface area contributed by atoms with Gasteiger partial charge in [-0.05, 0) is 37.5 Å². The number of nitriles is 1. The molecule has 1 aromatic carbocycles. The predicted molar refractivity (Wildman–Crippen MR) is 119 cm³/mol. The largest absolute Gasteiger partial charge is 0.481 e. The van der Waals surface area contributed by atoms with E-state index in [2.05, 4.69) is 15.9 Å². The summed E-state index contributed by atoms with van der Waals surface area (Å²) in [4.78, 5) is 39.0. The quantitative estimate of drug-likeness (QED) is 0.526. The van der Waals surface area contributed by atoms with Crippen LogP contribution in [0, 0.1) is 34.0 Å². The molecule has 5 atom stereocenters. The zero-order valence-electron chi connectivity index (χ0n) is 18.3. The van der Waals surface area contributed by atoms with Crippen molar-refractivity contribution in [2.24, 2.45) is 28.4 Å². The summed E-state index contributed by atoms with van der Waals surface area (Å²) >= 11 is 3.19. The van der Waals surface area contributed by atoms with Crippen LogP contribution in [0.15, 0.2) is 33.6 Å². The van der Waals surface area contributed by atoms with Crippen molar-refractivity contribution in [2.45, 2.75) is 41.8 Å². The number of carboxylic acid groups (broad SMARTS) is 1. The van der Waals surface area contributed by atoms with Gasteiger partial charge in [0.15, 0.2) is 9.84 Å². The van der Waals surface area contributed by atoms with Crippen molar-refractivity contribution >= 4 is 43.6 Å². The summed E-state index contributed by atoms with van der Waals surface area (Å²) in [5.74, 6) is -9.44. The van der Waals surface area contributed by atoms with Gasteiger partial charge in [0, 0.05) is 23.4 Å². The molecule has 2 saturated carbocycles. The highest BCUT2D eigenvalue weighted by molar-refractivity contribution is 9.10. The Morgan fingerprint density at radius 1 is 1.26 bits per heavy atom. The van der Waals surface area contributed by atoms with Crippen LogP contribution in [0.1, 0.15) is 25.7 Å². The third-order valence-electron chi connectivity index (χ3n) is 7.65. The van der Waals surface area contributed by atoms with Crippen molar-refractivity contribution in [1.82, 2.24) is 4.90 Å². The molecule has 188 valence electrons. The van der Waals surface area contributed by atoms with Crippen molar-refractivity contribution in [3.05, 3.63) is 28.7 Å². The molecule has 2 amide bonds. The highest BCUT2D eigenvalue weighted by Gasteiger charge is 2.76. The van der Waals surface area contributed by atoms with E-state index in [9.17, 15) is 42.0 Å². The summed E-state index contributed by atoms with van der Waals surface area (Å²) < 4.78 is 55.1. The van der Waals surface area contributed by atoms with Gasteiger partial charge < -0.3 is 15.7 Å². The average Bonchev–Trinajstić information content (AvgIpc) is 3.23. The van der Waals surface area contributed by atoms with Crippen LogP contribution in [0.5, 0.6) is 0 Å². The van der Waals surface area contributed by atoms with Crippen LogP contribution in [0.3, 0.4) is 0 Å². The van der Waals surface area contributed by atoms with E-state index in [4.69, 9.17) is 5.73 Å². The number of primary amides is 1. The normalized spacial score (nSPS) is 33.8. The van der Waals surface area contributed by atoms with Crippen molar-refractivity contribution < 1.29 is 36.7 Å². The number of nitrogens with zero attached hydrogens (tertiary/aromatic N) is 2. The van der Waals surface area contributed by atoms with E-state index in [1.165, 1.54) is 18.2 Å². The molecule has 0 radical (unpaired) electrons. The second-order valence-corrected chi connectivity index (χ2v) is 12.7. The van der Waals surface area contributed by atoms with Crippen LogP contribution < -0.4 is 5.73 Å². The summed E-state index contributed by atoms with van der Waals surface area (Å²) in [6.07, 6.45) is -1.86. The van der Waals surface area contributed by atoms with Gasteiger partial charge in [0.25, 0.3) is 5.92 Å². The minimum absolute atomic E-state index is 0.103. The minimum atomic E-state index is -4.16. The molecule has 3 aliphatic rings. The molecule has 4 rings (SSSR count). The van der Waals surface area contributed by atoms with Gasteiger partial charge in [-0.25, -0.2) is 17.2 Å². The summed E-state index contributed by atoms with van der Waals surface area (Å²) in [5, 5.41) is 18.6. The second kappa shape index (κ2) is 8.23. The molecule has 1 heterocycles. The molecule has 1 aliphatic heterocycles. The Bertz CT molecular complexity index is 1270. The summed E-state index contributed by atoms with van der Waals surface area (Å²) in [6.45, 7) is -1.23. The van der Waals surface area contributed by atoms with Crippen LogP contribution >= 0.6 is 15.9 Å². The van der Waals surface area contributed by atoms with Crippen LogP contribution in [-0.2, 0) is 24.2 Å². The van der Waals surface area contributed by atoms with Gasteiger partial charge in [-0.2, -0.15) is 5.26 Å². The first-order chi connectivity index (χ1) is 16.2. The number of sulfone groups is 1. The number of carbonyl (C=O) groups excluding carboxylic acids is 2. The fraction of sp³-hybridized carbons (Fsp3) is 0.545. The van der Waals surface area contributed by atoms with Crippen molar-refractivity contribution in [3.8, 4) is 6.07 Å². The number of aliphatic carboxylic acids is 1. The van der Waals surface area contributed by atoms with E-state index in [1.54, 1.807) is 12.1 Å².